The van der Waals surface area contributed by atoms with Gasteiger partial charge in [0.1, 0.15) is 0 Å². The van der Waals surface area contributed by atoms with Crippen molar-refractivity contribution in [1.29, 1.82) is 0 Å². The quantitative estimate of drug-likeness (QED) is 0.713. The Morgan fingerprint density at radius 3 is 2.42 bits per heavy atom. The molecule has 0 aromatic carbocycles. The van der Waals surface area contributed by atoms with Crippen LogP contribution >= 0.6 is 0 Å². The van der Waals surface area contributed by atoms with Gasteiger partial charge < -0.3 is 19.5 Å². The molecule has 0 aromatic rings. The maximum absolute atomic E-state index is 12.3. The fourth-order valence-electron chi connectivity index (χ4n) is 2.69. The molecule has 19 heavy (non-hydrogen) atoms. The molecule has 0 aliphatic carbocycles. The molecule has 1 amide bonds. The number of hydrogen-bond donors (Lipinski definition) is 2. The number of ether oxygens (including phenoxy) is 2. The average Bonchev–Trinajstić information content (AvgIpc) is 2.48. The van der Waals surface area contributed by atoms with Gasteiger partial charge in [-0.05, 0) is 19.8 Å². The van der Waals surface area contributed by atoms with Crippen molar-refractivity contribution in [2.24, 2.45) is 0 Å². The van der Waals surface area contributed by atoms with E-state index in [1.807, 2.05) is 11.8 Å². The van der Waals surface area contributed by atoms with Gasteiger partial charge in [0.15, 0.2) is 0 Å². The Labute approximate surface area is 114 Å². The number of nitrogens with one attached hydrogen (secondary N) is 1. The molecule has 1 unspecified atom stereocenters. The summed E-state index contributed by atoms with van der Waals surface area (Å²) in [6.07, 6.45) is 1.48. The summed E-state index contributed by atoms with van der Waals surface area (Å²) in [5, 5.41) is 12.9. The highest BCUT2D eigenvalue weighted by atomic mass is 16.5. The predicted octanol–water partition coefficient (Wildman–Crippen LogP) is -0.635. The zero-order valence-corrected chi connectivity index (χ0v) is 11.6. The SMILES string of the molecule is CC(NC1(CO)CCOCC1)C(=O)N1CCOCC1. The molecule has 6 heteroatoms. The summed E-state index contributed by atoms with van der Waals surface area (Å²) in [5.41, 5.74) is -0.375. The number of carbonyl (C=O) groups is 1. The van der Waals surface area contributed by atoms with Crippen molar-refractivity contribution >= 4 is 5.91 Å². The molecule has 2 rings (SSSR count). The number of morpholine rings is 1. The van der Waals surface area contributed by atoms with E-state index in [2.05, 4.69) is 5.32 Å². The normalized spacial score (nSPS) is 25.1. The Hall–Kier alpha value is -0.690. The number of rotatable bonds is 4. The zero-order valence-electron chi connectivity index (χ0n) is 11.6. The molecule has 0 bridgehead atoms. The Balaban J connectivity index is 1.90. The summed E-state index contributed by atoms with van der Waals surface area (Å²) in [6, 6.07) is -0.289. The van der Waals surface area contributed by atoms with Gasteiger partial charge in [0, 0.05) is 31.8 Å². The van der Waals surface area contributed by atoms with Crippen molar-refractivity contribution < 1.29 is 19.4 Å². The Bertz CT molecular complexity index is 299. The first kappa shape index (κ1) is 14.7. The van der Waals surface area contributed by atoms with Gasteiger partial charge in [-0.25, -0.2) is 0 Å². The molecule has 0 aromatic heterocycles. The molecule has 0 spiro atoms. The number of amides is 1. The second kappa shape index (κ2) is 6.65. The van der Waals surface area contributed by atoms with Crippen molar-refractivity contribution in [3.8, 4) is 0 Å². The van der Waals surface area contributed by atoms with Gasteiger partial charge in [0.2, 0.25) is 5.91 Å². The van der Waals surface area contributed by atoms with E-state index in [1.165, 1.54) is 0 Å². The van der Waals surface area contributed by atoms with Gasteiger partial charge in [0.05, 0.1) is 25.9 Å². The van der Waals surface area contributed by atoms with Gasteiger partial charge >= 0.3 is 0 Å². The van der Waals surface area contributed by atoms with Gasteiger partial charge in [-0.3, -0.25) is 10.1 Å². The van der Waals surface area contributed by atoms with Crippen LogP contribution in [0.5, 0.6) is 0 Å². The van der Waals surface area contributed by atoms with Crippen molar-refractivity contribution in [3.05, 3.63) is 0 Å². The second-order valence-corrected chi connectivity index (χ2v) is 5.35. The van der Waals surface area contributed by atoms with Crippen LogP contribution in [0.25, 0.3) is 0 Å². The number of carbonyl (C=O) groups excluding carboxylic acids is 1. The molecule has 2 saturated heterocycles. The van der Waals surface area contributed by atoms with Gasteiger partial charge in [-0.15, -0.1) is 0 Å². The predicted molar refractivity (Wildman–Crippen MR) is 69.9 cm³/mol. The molecule has 2 fully saturated rings. The van der Waals surface area contributed by atoms with Gasteiger partial charge in [0.25, 0.3) is 0 Å². The molecule has 2 N–H and O–H groups in total. The highest BCUT2D eigenvalue weighted by Gasteiger charge is 2.35. The molecule has 0 radical (unpaired) electrons. The number of aliphatic hydroxyl groups excluding tert-OH is 1. The average molecular weight is 272 g/mol. The molecule has 6 nitrogen and oxygen atoms in total. The van der Waals surface area contributed by atoms with Gasteiger partial charge in [-0.1, -0.05) is 0 Å². The van der Waals surface area contributed by atoms with Crippen molar-refractivity contribution in [3.63, 3.8) is 0 Å². The van der Waals surface area contributed by atoms with Gasteiger partial charge in [-0.2, -0.15) is 0 Å². The third-order valence-corrected chi connectivity index (χ3v) is 3.97. The van der Waals surface area contributed by atoms with Crippen LogP contribution in [0.15, 0.2) is 0 Å². The molecule has 2 aliphatic heterocycles. The smallest absolute Gasteiger partial charge is 0.239 e. The van der Waals surface area contributed by atoms with E-state index in [-0.39, 0.29) is 24.1 Å². The third kappa shape index (κ3) is 3.66. The van der Waals surface area contributed by atoms with E-state index in [4.69, 9.17) is 9.47 Å². The fraction of sp³-hybridized carbons (Fsp3) is 0.923. The Morgan fingerprint density at radius 2 is 1.84 bits per heavy atom. The van der Waals surface area contributed by atoms with Crippen LogP contribution < -0.4 is 5.32 Å². The summed E-state index contributed by atoms with van der Waals surface area (Å²) in [5.74, 6) is 0.0858. The van der Waals surface area contributed by atoms with E-state index in [0.29, 0.717) is 39.5 Å². The largest absolute Gasteiger partial charge is 0.394 e. The topological polar surface area (TPSA) is 71.0 Å². The molecular weight excluding hydrogens is 248 g/mol. The lowest BCUT2D eigenvalue weighted by Gasteiger charge is -2.39. The fourth-order valence-corrected chi connectivity index (χ4v) is 2.69. The maximum atomic E-state index is 12.3. The number of hydrogen-bond acceptors (Lipinski definition) is 5. The minimum Gasteiger partial charge on any atom is -0.394 e. The lowest BCUT2D eigenvalue weighted by molar-refractivity contribution is -0.138. The molecule has 110 valence electrons. The van der Waals surface area contributed by atoms with E-state index in [9.17, 15) is 9.90 Å². The van der Waals surface area contributed by atoms with Crippen LogP contribution in [-0.2, 0) is 14.3 Å². The van der Waals surface area contributed by atoms with Crippen LogP contribution in [0.2, 0.25) is 0 Å². The Morgan fingerprint density at radius 1 is 1.26 bits per heavy atom. The maximum Gasteiger partial charge on any atom is 0.239 e. The standard InChI is InChI=1S/C13H24N2O4/c1-11(12(17)15-4-8-19-9-5-15)14-13(10-16)2-6-18-7-3-13/h11,14,16H,2-10H2,1H3. The first-order chi connectivity index (χ1) is 9.17. The summed E-state index contributed by atoms with van der Waals surface area (Å²) in [4.78, 5) is 14.1. The monoisotopic (exact) mass is 272 g/mol. The summed E-state index contributed by atoms with van der Waals surface area (Å²) >= 11 is 0. The number of aliphatic hydroxyl groups is 1. The van der Waals surface area contributed by atoms with E-state index in [1.54, 1.807) is 0 Å². The van der Waals surface area contributed by atoms with Crippen molar-refractivity contribution in [2.75, 3.05) is 46.1 Å². The van der Waals surface area contributed by atoms with Crippen molar-refractivity contribution in [1.82, 2.24) is 10.2 Å². The van der Waals surface area contributed by atoms with E-state index < -0.39 is 0 Å². The Kier molecular flexibility index (Phi) is 5.15. The molecule has 1 atom stereocenters. The first-order valence-electron chi connectivity index (χ1n) is 7.00. The van der Waals surface area contributed by atoms with Crippen LogP contribution in [0.1, 0.15) is 19.8 Å². The van der Waals surface area contributed by atoms with Crippen molar-refractivity contribution in [2.45, 2.75) is 31.3 Å². The molecule has 2 heterocycles. The van der Waals surface area contributed by atoms with Crippen LogP contribution in [0, 0.1) is 0 Å². The molecule has 0 saturated carbocycles. The minimum atomic E-state index is -0.375. The van der Waals surface area contributed by atoms with Crippen LogP contribution in [0.3, 0.4) is 0 Å². The summed E-state index contributed by atoms with van der Waals surface area (Å²) in [7, 11) is 0. The molecule has 2 aliphatic rings. The van der Waals surface area contributed by atoms with Crippen LogP contribution in [-0.4, -0.2) is 73.6 Å². The first-order valence-corrected chi connectivity index (χ1v) is 7.00. The molecular formula is C13H24N2O4. The lowest BCUT2D eigenvalue weighted by Crippen LogP contribution is -2.60. The lowest BCUT2D eigenvalue weighted by atomic mass is 9.90. The van der Waals surface area contributed by atoms with E-state index in [0.717, 1.165) is 12.8 Å². The number of nitrogens with zero attached hydrogens (tertiary/aromatic N) is 1. The van der Waals surface area contributed by atoms with Crippen LogP contribution in [0.4, 0.5) is 0 Å². The second-order valence-electron chi connectivity index (χ2n) is 5.35. The van der Waals surface area contributed by atoms with E-state index >= 15 is 0 Å². The highest BCUT2D eigenvalue weighted by Crippen LogP contribution is 2.21. The summed E-state index contributed by atoms with van der Waals surface area (Å²) in [6.45, 7) is 5.69. The highest BCUT2D eigenvalue weighted by molar-refractivity contribution is 5.81. The minimum absolute atomic E-state index is 0.0388. The zero-order chi connectivity index (χ0) is 13.7. The summed E-state index contributed by atoms with van der Waals surface area (Å²) < 4.78 is 10.6. The third-order valence-electron chi connectivity index (χ3n) is 3.97.